The summed E-state index contributed by atoms with van der Waals surface area (Å²) in [5, 5.41) is 5.69. The second kappa shape index (κ2) is 6.02. The molecule has 2 nitrogen and oxygen atoms in total. The third-order valence-electron chi connectivity index (χ3n) is 3.85. The van der Waals surface area contributed by atoms with Gasteiger partial charge in [-0.3, -0.25) is 4.90 Å². The van der Waals surface area contributed by atoms with Gasteiger partial charge >= 0.3 is 0 Å². The first-order valence-electron chi connectivity index (χ1n) is 5.98. The summed E-state index contributed by atoms with van der Waals surface area (Å²) in [6.45, 7) is 6.16. The lowest BCUT2D eigenvalue weighted by atomic mass is 9.89. The van der Waals surface area contributed by atoms with Crippen molar-refractivity contribution in [2.24, 2.45) is 11.8 Å². The molecule has 0 amide bonds. The molecule has 2 saturated heterocycles. The van der Waals surface area contributed by atoms with Crippen LogP contribution in [0.3, 0.4) is 0 Å². The van der Waals surface area contributed by atoms with Crippen LogP contribution in [0.2, 0.25) is 0 Å². The molecular formula is C12H18BrClN2S. The molecule has 1 N–H and O–H groups in total. The number of nitrogens with zero attached hydrogens (tertiary/aromatic N) is 1. The summed E-state index contributed by atoms with van der Waals surface area (Å²) in [6.07, 6.45) is 1.38. The molecule has 1 aromatic rings. The van der Waals surface area contributed by atoms with Crippen LogP contribution in [0, 0.1) is 11.8 Å². The topological polar surface area (TPSA) is 15.3 Å². The average Bonchev–Trinajstić information content (AvgIpc) is 2.88. The van der Waals surface area contributed by atoms with Crippen molar-refractivity contribution >= 4 is 39.7 Å². The Bertz CT molecular complexity index is 371. The van der Waals surface area contributed by atoms with Gasteiger partial charge in [0.25, 0.3) is 0 Å². The van der Waals surface area contributed by atoms with Gasteiger partial charge in [0.2, 0.25) is 0 Å². The fourth-order valence-electron chi connectivity index (χ4n) is 2.89. The molecule has 3 heterocycles. The minimum Gasteiger partial charge on any atom is -0.316 e. The van der Waals surface area contributed by atoms with E-state index in [-0.39, 0.29) is 12.4 Å². The number of thiophene rings is 1. The SMILES string of the molecule is Brc1ccsc1CN1CCC2CNCC2C1.Cl. The Balaban J connectivity index is 0.00000108. The van der Waals surface area contributed by atoms with Gasteiger partial charge in [0.15, 0.2) is 0 Å². The Morgan fingerprint density at radius 2 is 2.24 bits per heavy atom. The van der Waals surface area contributed by atoms with E-state index in [2.05, 4.69) is 37.6 Å². The molecule has 2 aliphatic heterocycles. The molecule has 2 atom stereocenters. The summed E-state index contributed by atoms with van der Waals surface area (Å²) < 4.78 is 1.28. The number of hydrogen-bond donors (Lipinski definition) is 1. The largest absolute Gasteiger partial charge is 0.316 e. The molecule has 2 unspecified atom stereocenters. The second-order valence-electron chi connectivity index (χ2n) is 4.89. The van der Waals surface area contributed by atoms with Gasteiger partial charge in [-0.05, 0) is 65.3 Å². The van der Waals surface area contributed by atoms with Gasteiger partial charge in [-0.2, -0.15) is 0 Å². The van der Waals surface area contributed by atoms with Gasteiger partial charge in [-0.1, -0.05) is 0 Å². The fourth-order valence-corrected chi connectivity index (χ4v) is 4.41. The quantitative estimate of drug-likeness (QED) is 0.892. The van der Waals surface area contributed by atoms with Crippen LogP contribution >= 0.6 is 39.7 Å². The van der Waals surface area contributed by atoms with E-state index in [0.717, 1.165) is 18.4 Å². The van der Waals surface area contributed by atoms with Crippen LogP contribution in [0.5, 0.6) is 0 Å². The van der Waals surface area contributed by atoms with Gasteiger partial charge in [0.05, 0.1) is 0 Å². The second-order valence-corrected chi connectivity index (χ2v) is 6.75. The van der Waals surface area contributed by atoms with Gasteiger partial charge in [0.1, 0.15) is 0 Å². The third kappa shape index (κ3) is 3.04. The monoisotopic (exact) mass is 336 g/mol. The van der Waals surface area contributed by atoms with Crippen LogP contribution in [-0.2, 0) is 6.54 Å². The number of likely N-dealkylation sites (tertiary alicyclic amines) is 1. The normalized spacial score (nSPS) is 28.8. The van der Waals surface area contributed by atoms with E-state index in [4.69, 9.17) is 0 Å². The minimum absolute atomic E-state index is 0. The van der Waals surface area contributed by atoms with Gasteiger partial charge in [-0.15, -0.1) is 23.7 Å². The summed E-state index contributed by atoms with van der Waals surface area (Å²) in [7, 11) is 0. The maximum Gasteiger partial charge on any atom is 0.0339 e. The van der Waals surface area contributed by atoms with Crippen LogP contribution < -0.4 is 5.32 Å². The van der Waals surface area contributed by atoms with Crippen LogP contribution in [-0.4, -0.2) is 31.1 Å². The van der Waals surface area contributed by atoms with E-state index < -0.39 is 0 Å². The van der Waals surface area contributed by atoms with E-state index in [1.165, 1.54) is 41.9 Å². The number of piperidine rings is 1. The molecule has 2 fully saturated rings. The molecule has 0 saturated carbocycles. The lowest BCUT2D eigenvalue weighted by molar-refractivity contribution is 0.143. The number of rotatable bonds is 2. The van der Waals surface area contributed by atoms with E-state index in [9.17, 15) is 0 Å². The Labute approximate surface area is 121 Å². The maximum absolute atomic E-state index is 3.62. The Morgan fingerprint density at radius 1 is 1.41 bits per heavy atom. The number of fused-ring (bicyclic) bond motifs is 1. The van der Waals surface area contributed by atoms with Crippen molar-refractivity contribution < 1.29 is 0 Å². The molecule has 0 radical (unpaired) electrons. The lowest BCUT2D eigenvalue weighted by Gasteiger charge is -2.34. The first-order valence-corrected chi connectivity index (χ1v) is 7.65. The van der Waals surface area contributed by atoms with Crippen LogP contribution in [0.1, 0.15) is 11.3 Å². The smallest absolute Gasteiger partial charge is 0.0339 e. The molecular weight excluding hydrogens is 320 g/mol. The van der Waals surface area contributed by atoms with Crippen molar-refractivity contribution in [1.82, 2.24) is 10.2 Å². The van der Waals surface area contributed by atoms with E-state index in [1.807, 2.05) is 11.3 Å². The third-order valence-corrected chi connectivity index (χ3v) is 5.76. The fraction of sp³-hybridized carbons (Fsp3) is 0.667. The van der Waals surface area contributed by atoms with Gasteiger partial charge in [-0.25, -0.2) is 0 Å². The molecule has 3 rings (SSSR count). The van der Waals surface area contributed by atoms with E-state index in [0.29, 0.717) is 0 Å². The molecule has 96 valence electrons. The molecule has 17 heavy (non-hydrogen) atoms. The Hall–Kier alpha value is 0.390. The number of hydrogen-bond acceptors (Lipinski definition) is 3. The van der Waals surface area contributed by atoms with Gasteiger partial charge in [0, 0.05) is 22.4 Å². The van der Waals surface area contributed by atoms with Crippen molar-refractivity contribution in [2.75, 3.05) is 26.2 Å². The molecule has 1 aromatic heterocycles. The van der Waals surface area contributed by atoms with Crippen molar-refractivity contribution in [3.63, 3.8) is 0 Å². The van der Waals surface area contributed by atoms with Crippen LogP contribution in [0.25, 0.3) is 0 Å². The van der Waals surface area contributed by atoms with E-state index in [1.54, 1.807) is 0 Å². The first kappa shape index (κ1) is 13.8. The standard InChI is InChI=1S/C12H17BrN2S.ClH/c13-11-2-4-16-12(11)8-15-3-1-9-5-14-6-10(9)7-15;/h2,4,9-10,14H,1,3,5-8H2;1H. The highest BCUT2D eigenvalue weighted by Gasteiger charge is 2.32. The Kier molecular flexibility index (Phi) is 4.89. The highest BCUT2D eigenvalue weighted by Crippen LogP contribution is 2.30. The molecule has 0 spiro atoms. The van der Waals surface area contributed by atoms with Crippen molar-refractivity contribution in [2.45, 2.75) is 13.0 Å². The predicted molar refractivity (Wildman–Crippen MR) is 79.0 cm³/mol. The van der Waals surface area contributed by atoms with Crippen molar-refractivity contribution in [3.05, 3.63) is 20.8 Å². The summed E-state index contributed by atoms with van der Waals surface area (Å²) in [5.41, 5.74) is 0. The minimum atomic E-state index is 0. The van der Waals surface area contributed by atoms with E-state index >= 15 is 0 Å². The van der Waals surface area contributed by atoms with Crippen LogP contribution in [0.4, 0.5) is 0 Å². The molecule has 0 aliphatic carbocycles. The summed E-state index contributed by atoms with van der Waals surface area (Å²) in [5.74, 6) is 1.84. The predicted octanol–water partition coefficient (Wildman–Crippen LogP) is 2.97. The van der Waals surface area contributed by atoms with Gasteiger partial charge < -0.3 is 5.32 Å². The highest BCUT2D eigenvalue weighted by molar-refractivity contribution is 9.10. The molecule has 5 heteroatoms. The lowest BCUT2D eigenvalue weighted by Crippen LogP contribution is -2.39. The summed E-state index contributed by atoms with van der Waals surface area (Å²) >= 11 is 5.49. The highest BCUT2D eigenvalue weighted by atomic mass is 79.9. The van der Waals surface area contributed by atoms with Crippen LogP contribution in [0.15, 0.2) is 15.9 Å². The van der Waals surface area contributed by atoms with Crippen molar-refractivity contribution in [3.8, 4) is 0 Å². The summed E-state index contributed by atoms with van der Waals surface area (Å²) in [4.78, 5) is 4.09. The summed E-state index contributed by atoms with van der Waals surface area (Å²) in [6, 6.07) is 2.16. The molecule has 0 aromatic carbocycles. The number of nitrogens with one attached hydrogen (secondary N) is 1. The average molecular weight is 338 g/mol. The maximum atomic E-state index is 3.62. The first-order chi connectivity index (χ1) is 7.83. The zero-order valence-electron chi connectivity index (χ0n) is 9.69. The molecule has 2 aliphatic rings. The zero-order chi connectivity index (χ0) is 11.0. The zero-order valence-corrected chi connectivity index (χ0v) is 12.9. The number of halogens is 2. The molecule has 0 bridgehead atoms. The van der Waals surface area contributed by atoms with Crippen molar-refractivity contribution in [1.29, 1.82) is 0 Å². The Morgan fingerprint density at radius 3 is 3.00 bits per heavy atom.